The van der Waals surface area contributed by atoms with Gasteiger partial charge in [-0.15, -0.1) is 0 Å². The molecule has 1 aliphatic carbocycles. The fraction of sp³-hybridized carbons (Fsp3) is 0.438. The van der Waals surface area contributed by atoms with Crippen LogP contribution in [0.3, 0.4) is 0 Å². The van der Waals surface area contributed by atoms with Gasteiger partial charge in [-0.25, -0.2) is 0 Å². The topological polar surface area (TPSA) is 23.9 Å². The molecule has 0 radical (unpaired) electrons. The number of unbranched alkanes of at least 4 members (excludes halogenated alkanes) is 1. The van der Waals surface area contributed by atoms with Crippen molar-refractivity contribution in [2.45, 2.75) is 39.0 Å². The summed E-state index contributed by atoms with van der Waals surface area (Å²) in [7, 11) is 0. The summed E-state index contributed by atoms with van der Waals surface area (Å²) in [6.45, 7) is 6.48. The third-order valence-electron chi connectivity index (χ3n) is 3.76. The molecule has 1 aromatic rings. The Hall–Kier alpha value is -1.37. The highest BCUT2D eigenvalue weighted by Gasteiger charge is 2.23. The molecule has 1 heteroatoms. The lowest BCUT2D eigenvalue weighted by Gasteiger charge is -2.12. The molecule has 2 rings (SSSR count). The predicted molar refractivity (Wildman–Crippen MR) is 73.9 cm³/mol. The second-order valence-electron chi connectivity index (χ2n) is 5.04. The molecule has 0 aliphatic heterocycles. The number of nitrogens with one attached hydrogen (secondary N) is 1. The molecule has 17 heavy (non-hydrogen) atoms. The van der Waals surface area contributed by atoms with Crippen LogP contribution >= 0.6 is 0 Å². The maximum absolute atomic E-state index is 7.29. The third kappa shape index (κ3) is 2.66. The van der Waals surface area contributed by atoms with Crippen molar-refractivity contribution in [3.8, 4) is 0 Å². The Kier molecular flexibility index (Phi) is 3.78. The van der Waals surface area contributed by atoms with Crippen molar-refractivity contribution in [3.05, 3.63) is 47.0 Å². The molecule has 1 aliphatic rings. The SMILES string of the molecule is C=C(CCCC)C1Cc2ccc(C=N)cc2C1. The standard InChI is InChI=1S/C16H21N/c1-3-4-5-12(2)15-9-14-7-6-13(11-17)8-16(14)10-15/h6-8,11,15,17H,2-5,9-10H2,1H3. The molecule has 1 N–H and O–H groups in total. The van der Waals surface area contributed by atoms with Gasteiger partial charge in [-0.3, -0.25) is 0 Å². The molecule has 0 saturated carbocycles. The molecular formula is C16H21N. The number of rotatable bonds is 5. The number of fused-ring (bicyclic) bond motifs is 1. The second kappa shape index (κ2) is 5.31. The van der Waals surface area contributed by atoms with E-state index in [0.29, 0.717) is 5.92 Å². The van der Waals surface area contributed by atoms with Crippen LogP contribution in [0.5, 0.6) is 0 Å². The first-order chi connectivity index (χ1) is 8.24. The number of hydrogen-bond acceptors (Lipinski definition) is 1. The van der Waals surface area contributed by atoms with Gasteiger partial charge in [-0.2, -0.15) is 0 Å². The molecular weight excluding hydrogens is 206 g/mol. The molecule has 0 spiro atoms. The third-order valence-corrected chi connectivity index (χ3v) is 3.76. The van der Waals surface area contributed by atoms with Crippen LogP contribution in [-0.4, -0.2) is 6.21 Å². The molecule has 0 heterocycles. The first kappa shape index (κ1) is 12.1. The lowest BCUT2D eigenvalue weighted by Crippen LogP contribution is -2.02. The summed E-state index contributed by atoms with van der Waals surface area (Å²) in [6, 6.07) is 6.39. The summed E-state index contributed by atoms with van der Waals surface area (Å²) < 4.78 is 0. The predicted octanol–water partition coefficient (Wildman–Crippen LogP) is 4.15. The van der Waals surface area contributed by atoms with Crippen LogP contribution in [0, 0.1) is 11.3 Å². The van der Waals surface area contributed by atoms with Gasteiger partial charge in [0.05, 0.1) is 0 Å². The van der Waals surface area contributed by atoms with Gasteiger partial charge < -0.3 is 5.41 Å². The van der Waals surface area contributed by atoms with E-state index in [1.807, 2.05) is 6.07 Å². The number of hydrogen-bond donors (Lipinski definition) is 1. The summed E-state index contributed by atoms with van der Waals surface area (Å²) in [6.07, 6.45) is 7.38. The first-order valence-electron chi connectivity index (χ1n) is 6.54. The highest BCUT2D eigenvalue weighted by molar-refractivity contribution is 5.77. The lowest BCUT2D eigenvalue weighted by molar-refractivity contribution is 0.610. The van der Waals surface area contributed by atoms with Crippen molar-refractivity contribution in [3.63, 3.8) is 0 Å². The Morgan fingerprint density at radius 1 is 1.41 bits per heavy atom. The molecule has 0 aromatic heterocycles. The Morgan fingerprint density at radius 2 is 2.18 bits per heavy atom. The van der Waals surface area contributed by atoms with E-state index in [4.69, 9.17) is 5.41 Å². The quantitative estimate of drug-likeness (QED) is 0.577. The normalized spacial score (nSPS) is 17.8. The zero-order chi connectivity index (χ0) is 12.3. The van der Waals surface area contributed by atoms with Crippen LogP contribution in [0.25, 0.3) is 0 Å². The van der Waals surface area contributed by atoms with Crippen molar-refractivity contribution in [1.82, 2.24) is 0 Å². The average Bonchev–Trinajstić information content (AvgIpc) is 2.78. The lowest BCUT2D eigenvalue weighted by atomic mass is 9.93. The van der Waals surface area contributed by atoms with E-state index in [1.165, 1.54) is 42.2 Å². The van der Waals surface area contributed by atoms with Gasteiger partial charge >= 0.3 is 0 Å². The molecule has 90 valence electrons. The summed E-state index contributed by atoms with van der Waals surface area (Å²) in [5.41, 5.74) is 5.31. The molecule has 0 amide bonds. The molecule has 0 fully saturated rings. The van der Waals surface area contributed by atoms with E-state index < -0.39 is 0 Å². The van der Waals surface area contributed by atoms with E-state index >= 15 is 0 Å². The van der Waals surface area contributed by atoms with E-state index in [2.05, 4.69) is 25.6 Å². The van der Waals surface area contributed by atoms with E-state index in [9.17, 15) is 0 Å². The van der Waals surface area contributed by atoms with Gasteiger partial charge in [0.15, 0.2) is 0 Å². The summed E-state index contributed by atoms with van der Waals surface area (Å²) >= 11 is 0. The van der Waals surface area contributed by atoms with Crippen LogP contribution in [0.4, 0.5) is 0 Å². The van der Waals surface area contributed by atoms with Crippen LogP contribution in [0.15, 0.2) is 30.4 Å². The molecule has 1 atom stereocenters. The molecule has 1 aromatic carbocycles. The van der Waals surface area contributed by atoms with Gasteiger partial charge in [-0.05, 0) is 54.4 Å². The van der Waals surface area contributed by atoms with E-state index in [0.717, 1.165) is 18.4 Å². The zero-order valence-corrected chi connectivity index (χ0v) is 10.6. The van der Waals surface area contributed by atoms with Crippen molar-refractivity contribution in [1.29, 1.82) is 5.41 Å². The minimum atomic E-state index is 0.637. The van der Waals surface area contributed by atoms with Gasteiger partial charge in [-0.1, -0.05) is 37.6 Å². The fourth-order valence-electron chi connectivity index (χ4n) is 2.62. The van der Waals surface area contributed by atoms with Crippen molar-refractivity contribution < 1.29 is 0 Å². The van der Waals surface area contributed by atoms with Crippen molar-refractivity contribution in [2.24, 2.45) is 5.92 Å². The monoisotopic (exact) mass is 227 g/mol. The maximum atomic E-state index is 7.29. The summed E-state index contributed by atoms with van der Waals surface area (Å²) in [5, 5.41) is 7.29. The van der Waals surface area contributed by atoms with Crippen molar-refractivity contribution in [2.75, 3.05) is 0 Å². The summed E-state index contributed by atoms with van der Waals surface area (Å²) in [5.74, 6) is 0.637. The van der Waals surface area contributed by atoms with Crippen molar-refractivity contribution >= 4 is 6.21 Å². The Labute approximate surface area is 104 Å². The Balaban J connectivity index is 2.05. The fourth-order valence-corrected chi connectivity index (χ4v) is 2.62. The number of benzene rings is 1. The second-order valence-corrected chi connectivity index (χ2v) is 5.04. The van der Waals surface area contributed by atoms with Crippen LogP contribution < -0.4 is 0 Å². The molecule has 1 unspecified atom stereocenters. The maximum Gasteiger partial charge on any atom is 0.0250 e. The Morgan fingerprint density at radius 3 is 2.88 bits per heavy atom. The van der Waals surface area contributed by atoms with Gasteiger partial charge in [0.1, 0.15) is 0 Å². The smallest absolute Gasteiger partial charge is 0.0250 e. The number of allylic oxidation sites excluding steroid dienone is 1. The first-order valence-corrected chi connectivity index (χ1v) is 6.54. The Bertz CT molecular complexity index is 431. The minimum Gasteiger partial charge on any atom is -0.308 e. The molecule has 1 nitrogen and oxygen atoms in total. The average molecular weight is 227 g/mol. The molecule has 0 saturated heterocycles. The van der Waals surface area contributed by atoms with Crippen LogP contribution in [-0.2, 0) is 12.8 Å². The zero-order valence-electron chi connectivity index (χ0n) is 10.6. The minimum absolute atomic E-state index is 0.637. The van der Waals surface area contributed by atoms with Gasteiger partial charge in [0.2, 0.25) is 0 Å². The van der Waals surface area contributed by atoms with E-state index in [-0.39, 0.29) is 0 Å². The van der Waals surface area contributed by atoms with E-state index in [1.54, 1.807) is 0 Å². The highest BCUT2D eigenvalue weighted by atomic mass is 14.3. The van der Waals surface area contributed by atoms with Crippen LogP contribution in [0.1, 0.15) is 42.9 Å². The van der Waals surface area contributed by atoms with Gasteiger partial charge in [0, 0.05) is 6.21 Å². The highest BCUT2D eigenvalue weighted by Crippen LogP contribution is 2.33. The molecule has 0 bridgehead atoms. The van der Waals surface area contributed by atoms with Crippen LogP contribution in [0.2, 0.25) is 0 Å². The largest absolute Gasteiger partial charge is 0.308 e. The summed E-state index contributed by atoms with van der Waals surface area (Å²) in [4.78, 5) is 0. The van der Waals surface area contributed by atoms with Gasteiger partial charge in [0.25, 0.3) is 0 Å².